The molecule has 0 atom stereocenters. The van der Waals surface area contributed by atoms with Crippen LogP contribution in [-0.2, 0) is 0 Å². The SMILES string of the molecule is O=C1C(=Cc2ccc(N3CCCCC3)s2)C(=O)c2ccccc21. The van der Waals surface area contributed by atoms with Gasteiger partial charge in [0.25, 0.3) is 0 Å². The van der Waals surface area contributed by atoms with Crippen LogP contribution in [0.25, 0.3) is 6.08 Å². The van der Waals surface area contributed by atoms with Crippen LogP contribution in [0.2, 0.25) is 0 Å². The second-order valence-corrected chi connectivity index (χ2v) is 7.08. The Kier molecular flexibility index (Phi) is 3.62. The number of rotatable bonds is 2. The number of Topliss-reactive ketones (excluding diaryl/α,β-unsaturated/α-hetero) is 2. The standard InChI is InChI=1S/C19H17NO2S/c21-18-14-6-2-3-7-15(14)19(22)16(18)12-13-8-9-17(23-13)20-10-4-1-5-11-20/h2-3,6-9,12H,1,4-5,10-11H2. The summed E-state index contributed by atoms with van der Waals surface area (Å²) in [7, 11) is 0. The van der Waals surface area contributed by atoms with Crippen molar-refractivity contribution in [1.82, 2.24) is 0 Å². The van der Waals surface area contributed by atoms with Crippen LogP contribution in [0.15, 0.2) is 42.0 Å². The number of fused-ring (bicyclic) bond motifs is 1. The van der Waals surface area contributed by atoms with E-state index >= 15 is 0 Å². The molecule has 4 rings (SSSR count). The molecule has 0 unspecified atom stereocenters. The number of piperidine rings is 1. The van der Waals surface area contributed by atoms with Gasteiger partial charge in [0, 0.05) is 29.1 Å². The lowest BCUT2D eigenvalue weighted by Crippen LogP contribution is -2.28. The van der Waals surface area contributed by atoms with Crippen molar-refractivity contribution in [2.45, 2.75) is 19.3 Å². The Morgan fingerprint density at radius 2 is 1.52 bits per heavy atom. The van der Waals surface area contributed by atoms with Gasteiger partial charge < -0.3 is 4.90 Å². The van der Waals surface area contributed by atoms with Gasteiger partial charge in [-0.2, -0.15) is 0 Å². The average Bonchev–Trinajstić information content (AvgIpc) is 3.16. The molecule has 3 nitrogen and oxygen atoms in total. The number of hydrogen-bond acceptors (Lipinski definition) is 4. The molecule has 2 aliphatic rings. The van der Waals surface area contributed by atoms with Crippen LogP contribution >= 0.6 is 11.3 Å². The van der Waals surface area contributed by atoms with Crippen molar-refractivity contribution >= 4 is 34.0 Å². The van der Waals surface area contributed by atoms with Crippen LogP contribution in [0.3, 0.4) is 0 Å². The summed E-state index contributed by atoms with van der Waals surface area (Å²) in [5.41, 5.74) is 1.34. The van der Waals surface area contributed by atoms with Crippen molar-refractivity contribution in [3.05, 3.63) is 58.0 Å². The third kappa shape index (κ3) is 2.53. The van der Waals surface area contributed by atoms with Gasteiger partial charge in [-0.3, -0.25) is 9.59 Å². The predicted molar refractivity (Wildman–Crippen MR) is 93.5 cm³/mol. The van der Waals surface area contributed by atoms with E-state index in [2.05, 4.69) is 11.0 Å². The lowest BCUT2D eigenvalue weighted by Gasteiger charge is -2.27. The summed E-state index contributed by atoms with van der Waals surface area (Å²) in [6, 6.07) is 11.2. The minimum absolute atomic E-state index is 0.154. The van der Waals surface area contributed by atoms with Crippen molar-refractivity contribution < 1.29 is 9.59 Å². The van der Waals surface area contributed by atoms with Crippen molar-refractivity contribution in [3.8, 4) is 0 Å². The summed E-state index contributed by atoms with van der Waals surface area (Å²) in [5.74, 6) is -0.308. The van der Waals surface area contributed by atoms with E-state index in [1.54, 1.807) is 41.7 Å². The molecule has 1 fully saturated rings. The number of carbonyl (C=O) groups is 2. The fraction of sp³-hybridized carbons (Fsp3) is 0.263. The van der Waals surface area contributed by atoms with Gasteiger partial charge >= 0.3 is 0 Å². The Balaban J connectivity index is 1.63. The van der Waals surface area contributed by atoms with E-state index in [0.717, 1.165) is 18.0 Å². The quantitative estimate of drug-likeness (QED) is 0.614. The van der Waals surface area contributed by atoms with Crippen LogP contribution in [0.4, 0.5) is 5.00 Å². The molecule has 23 heavy (non-hydrogen) atoms. The maximum atomic E-state index is 12.4. The summed E-state index contributed by atoms with van der Waals surface area (Å²) in [6.07, 6.45) is 5.53. The predicted octanol–water partition coefficient (Wildman–Crippen LogP) is 4.20. The molecule has 1 aliphatic heterocycles. The van der Waals surface area contributed by atoms with E-state index in [9.17, 15) is 9.59 Å². The van der Waals surface area contributed by atoms with Crippen molar-refractivity contribution in [2.75, 3.05) is 18.0 Å². The number of nitrogens with zero attached hydrogens (tertiary/aromatic N) is 1. The van der Waals surface area contributed by atoms with Crippen LogP contribution in [-0.4, -0.2) is 24.7 Å². The van der Waals surface area contributed by atoms with Crippen LogP contribution < -0.4 is 4.90 Å². The first-order valence-corrected chi connectivity index (χ1v) is 8.80. The largest absolute Gasteiger partial charge is 0.363 e. The number of ketones is 2. The lowest BCUT2D eigenvalue weighted by molar-refractivity contribution is 0.0990. The van der Waals surface area contributed by atoms with Crippen molar-refractivity contribution in [3.63, 3.8) is 0 Å². The van der Waals surface area contributed by atoms with Gasteiger partial charge in [-0.15, -0.1) is 11.3 Å². The molecular formula is C19H17NO2S. The zero-order valence-electron chi connectivity index (χ0n) is 12.7. The highest BCUT2D eigenvalue weighted by Crippen LogP contribution is 2.32. The molecule has 2 aromatic rings. The zero-order valence-corrected chi connectivity index (χ0v) is 13.6. The molecule has 116 valence electrons. The first-order valence-electron chi connectivity index (χ1n) is 7.99. The lowest BCUT2D eigenvalue weighted by atomic mass is 10.1. The number of allylic oxidation sites excluding steroid dienone is 1. The Labute approximate surface area is 139 Å². The van der Waals surface area contributed by atoms with Crippen molar-refractivity contribution in [1.29, 1.82) is 0 Å². The van der Waals surface area contributed by atoms with E-state index in [-0.39, 0.29) is 11.6 Å². The minimum atomic E-state index is -0.154. The van der Waals surface area contributed by atoms with Gasteiger partial charge in [0.05, 0.1) is 10.6 Å². The third-order valence-electron chi connectivity index (χ3n) is 4.47. The molecule has 0 spiro atoms. The fourth-order valence-corrected chi connectivity index (χ4v) is 4.25. The summed E-state index contributed by atoms with van der Waals surface area (Å²) >= 11 is 1.65. The van der Waals surface area contributed by atoms with Gasteiger partial charge in [-0.25, -0.2) is 0 Å². The Morgan fingerprint density at radius 3 is 2.17 bits per heavy atom. The number of anilines is 1. The molecule has 4 heteroatoms. The second-order valence-electron chi connectivity index (χ2n) is 5.99. The maximum absolute atomic E-state index is 12.4. The molecule has 1 aromatic carbocycles. The zero-order chi connectivity index (χ0) is 15.8. The topological polar surface area (TPSA) is 37.4 Å². The monoisotopic (exact) mass is 323 g/mol. The number of hydrogen-bond donors (Lipinski definition) is 0. The number of benzene rings is 1. The van der Waals surface area contributed by atoms with Gasteiger partial charge in [0.1, 0.15) is 0 Å². The van der Waals surface area contributed by atoms with Gasteiger partial charge in [0.15, 0.2) is 11.6 Å². The van der Waals surface area contributed by atoms with E-state index < -0.39 is 0 Å². The van der Waals surface area contributed by atoms with Crippen LogP contribution in [0, 0.1) is 0 Å². The first kappa shape index (κ1) is 14.4. The van der Waals surface area contributed by atoms with Crippen LogP contribution in [0.5, 0.6) is 0 Å². The second kappa shape index (κ2) is 5.78. The van der Waals surface area contributed by atoms with E-state index in [0.29, 0.717) is 16.7 Å². The summed E-state index contributed by atoms with van der Waals surface area (Å²) in [4.78, 5) is 28.2. The molecule has 0 bridgehead atoms. The van der Waals surface area contributed by atoms with E-state index in [1.807, 2.05) is 6.07 Å². The van der Waals surface area contributed by atoms with Crippen LogP contribution in [0.1, 0.15) is 44.9 Å². The van der Waals surface area contributed by atoms with Gasteiger partial charge in [-0.1, -0.05) is 24.3 Å². The minimum Gasteiger partial charge on any atom is -0.363 e. The Hall–Kier alpha value is -2.20. The number of carbonyl (C=O) groups excluding carboxylic acids is 2. The highest BCUT2D eigenvalue weighted by Gasteiger charge is 2.32. The third-order valence-corrected chi connectivity index (χ3v) is 5.57. The number of thiophene rings is 1. The Morgan fingerprint density at radius 1 is 0.870 bits per heavy atom. The molecule has 1 aliphatic carbocycles. The molecule has 0 N–H and O–H groups in total. The molecule has 1 aromatic heterocycles. The van der Waals surface area contributed by atoms with Crippen molar-refractivity contribution in [2.24, 2.45) is 0 Å². The first-order chi connectivity index (χ1) is 11.2. The maximum Gasteiger partial charge on any atom is 0.197 e. The summed E-state index contributed by atoms with van der Waals surface area (Å²) < 4.78 is 0. The van der Waals surface area contributed by atoms with Gasteiger partial charge in [0.2, 0.25) is 0 Å². The Bertz CT molecular complexity index is 775. The highest BCUT2D eigenvalue weighted by atomic mass is 32.1. The molecular weight excluding hydrogens is 306 g/mol. The summed E-state index contributed by atoms with van der Waals surface area (Å²) in [6.45, 7) is 2.19. The van der Waals surface area contributed by atoms with E-state index in [4.69, 9.17) is 0 Å². The molecule has 0 saturated carbocycles. The van der Waals surface area contributed by atoms with Gasteiger partial charge in [-0.05, 0) is 37.5 Å². The van der Waals surface area contributed by atoms with E-state index in [1.165, 1.54) is 24.3 Å². The smallest absolute Gasteiger partial charge is 0.197 e. The summed E-state index contributed by atoms with van der Waals surface area (Å²) in [5, 5.41) is 1.23. The molecule has 0 radical (unpaired) electrons. The molecule has 2 heterocycles. The highest BCUT2D eigenvalue weighted by molar-refractivity contribution is 7.17. The molecule has 1 saturated heterocycles. The average molecular weight is 323 g/mol. The fourth-order valence-electron chi connectivity index (χ4n) is 3.25. The normalized spacial score (nSPS) is 17.6. The molecule has 0 amide bonds.